The highest BCUT2D eigenvalue weighted by Crippen LogP contribution is 2.36. The Labute approximate surface area is 205 Å². The first kappa shape index (κ1) is 23.6. The average molecular weight is 476 g/mol. The molecule has 0 N–H and O–H groups in total. The van der Waals surface area contributed by atoms with Gasteiger partial charge in [0.25, 0.3) is 0 Å². The fraction of sp³-hybridized carbons (Fsp3) is 0.345. The third-order valence-electron chi connectivity index (χ3n) is 7.53. The topological polar surface area (TPSA) is 26.8 Å². The molecule has 0 saturated carbocycles. The molecule has 182 valence electrons. The Bertz CT molecular complexity index is 1080. The number of nitrogens with zero attached hydrogens (tertiary/aromatic N) is 3. The van der Waals surface area contributed by atoms with Crippen LogP contribution in [0.5, 0.6) is 0 Å². The monoisotopic (exact) mass is 475 g/mol. The molecule has 0 spiro atoms. The summed E-state index contributed by atoms with van der Waals surface area (Å²) in [5.41, 5.74) is 3.18. The maximum Gasteiger partial charge on any atom is 0.240 e. The van der Waals surface area contributed by atoms with E-state index in [0.29, 0.717) is 26.2 Å². The van der Waals surface area contributed by atoms with E-state index >= 15 is 0 Å². The minimum atomic E-state index is -0.281. The zero-order valence-electron chi connectivity index (χ0n) is 20.0. The number of benzene rings is 3. The van der Waals surface area contributed by atoms with Gasteiger partial charge < -0.3 is 4.90 Å². The maximum absolute atomic E-state index is 13.6. The highest BCUT2D eigenvalue weighted by Gasteiger charge is 2.39. The number of halogens is 2. The molecule has 2 heterocycles. The van der Waals surface area contributed by atoms with E-state index in [9.17, 15) is 13.6 Å². The third-order valence-corrected chi connectivity index (χ3v) is 7.53. The predicted molar refractivity (Wildman–Crippen MR) is 133 cm³/mol. The van der Waals surface area contributed by atoms with E-state index in [1.807, 2.05) is 11.0 Å². The quantitative estimate of drug-likeness (QED) is 0.518. The first-order valence-electron chi connectivity index (χ1n) is 12.3. The lowest BCUT2D eigenvalue weighted by Crippen LogP contribution is -2.54. The summed E-state index contributed by atoms with van der Waals surface area (Å²) >= 11 is 0. The van der Waals surface area contributed by atoms with E-state index in [0.717, 1.165) is 24.0 Å². The minimum absolute atomic E-state index is 0.100. The Hall–Kier alpha value is -3.09. The van der Waals surface area contributed by atoms with Crippen LogP contribution in [0, 0.1) is 11.6 Å². The first-order chi connectivity index (χ1) is 17.0. The fourth-order valence-electron chi connectivity index (χ4n) is 5.63. The zero-order valence-corrected chi connectivity index (χ0v) is 20.0. The highest BCUT2D eigenvalue weighted by molar-refractivity contribution is 5.82. The smallest absolute Gasteiger partial charge is 0.240 e. The highest BCUT2D eigenvalue weighted by atomic mass is 19.1. The molecule has 0 aliphatic carbocycles. The second-order valence-corrected chi connectivity index (χ2v) is 9.55. The number of carbonyl (C=O) groups excluding carboxylic acids is 1. The van der Waals surface area contributed by atoms with E-state index in [1.165, 1.54) is 29.8 Å². The van der Waals surface area contributed by atoms with Crippen LogP contribution in [-0.4, -0.2) is 59.9 Å². The lowest BCUT2D eigenvalue weighted by Gasteiger charge is -2.41. The molecule has 35 heavy (non-hydrogen) atoms. The van der Waals surface area contributed by atoms with Crippen LogP contribution < -0.4 is 0 Å². The molecule has 2 aliphatic rings. The van der Waals surface area contributed by atoms with Crippen molar-refractivity contribution in [1.82, 2.24) is 14.7 Å². The van der Waals surface area contributed by atoms with Gasteiger partial charge in [-0.05, 0) is 60.8 Å². The molecule has 6 heteroatoms. The van der Waals surface area contributed by atoms with Crippen molar-refractivity contribution in [1.29, 1.82) is 0 Å². The third kappa shape index (κ3) is 5.00. The molecule has 0 aromatic heterocycles. The van der Waals surface area contributed by atoms with Gasteiger partial charge >= 0.3 is 0 Å². The number of rotatable bonds is 5. The Morgan fingerprint density at radius 3 is 1.86 bits per heavy atom. The molecule has 2 fully saturated rings. The van der Waals surface area contributed by atoms with E-state index < -0.39 is 0 Å². The molecule has 2 saturated heterocycles. The van der Waals surface area contributed by atoms with Crippen molar-refractivity contribution >= 4 is 5.91 Å². The van der Waals surface area contributed by atoms with Gasteiger partial charge in [0.1, 0.15) is 11.6 Å². The van der Waals surface area contributed by atoms with Crippen LogP contribution in [0.1, 0.15) is 41.6 Å². The van der Waals surface area contributed by atoms with Crippen molar-refractivity contribution in [2.24, 2.45) is 0 Å². The van der Waals surface area contributed by atoms with Crippen molar-refractivity contribution in [2.45, 2.75) is 31.0 Å². The van der Waals surface area contributed by atoms with Crippen LogP contribution in [0.4, 0.5) is 8.78 Å². The SMILES string of the molecule is CN1[C@@H](C(=O)N2CCN(C(c3ccc(F)cc3)c3ccc(F)cc3)CC2)CC[C@H]1c1ccccc1. The van der Waals surface area contributed by atoms with Gasteiger partial charge in [0, 0.05) is 32.2 Å². The second-order valence-electron chi connectivity index (χ2n) is 9.55. The van der Waals surface area contributed by atoms with Crippen molar-refractivity contribution in [2.75, 3.05) is 33.2 Å². The van der Waals surface area contributed by atoms with Gasteiger partial charge in [-0.1, -0.05) is 54.6 Å². The summed E-state index contributed by atoms with van der Waals surface area (Å²) in [4.78, 5) is 20.0. The standard InChI is InChI=1S/C29H31F2N3O/c1-32-26(21-5-3-2-4-6-21)15-16-27(32)29(35)34-19-17-33(18-20-34)28(22-7-11-24(30)12-8-22)23-9-13-25(31)14-10-23/h2-14,26-28H,15-20H2,1H3/t26-,27+/m0/s1. The lowest BCUT2D eigenvalue weighted by atomic mass is 9.96. The Morgan fingerprint density at radius 2 is 1.31 bits per heavy atom. The molecule has 2 aliphatic heterocycles. The maximum atomic E-state index is 13.6. The van der Waals surface area contributed by atoms with Gasteiger partial charge in [0.05, 0.1) is 12.1 Å². The number of amides is 1. The molecule has 1 amide bonds. The Morgan fingerprint density at radius 1 is 0.771 bits per heavy atom. The van der Waals surface area contributed by atoms with Crippen LogP contribution in [0.2, 0.25) is 0 Å². The predicted octanol–water partition coefficient (Wildman–Crippen LogP) is 5.03. The van der Waals surface area contributed by atoms with Crippen molar-refractivity contribution in [3.63, 3.8) is 0 Å². The van der Waals surface area contributed by atoms with E-state index in [2.05, 4.69) is 41.1 Å². The Balaban J connectivity index is 1.28. The van der Waals surface area contributed by atoms with Crippen LogP contribution in [0.25, 0.3) is 0 Å². The first-order valence-corrected chi connectivity index (χ1v) is 12.3. The number of likely N-dealkylation sites (tertiary alicyclic amines) is 1. The summed E-state index contributed by atoms with van der Waals surface area (Å²) < 4.78 is 27.2. The van der Waals surface area contributed by atoms with Gasteiger partial charge in [-0.25, -0.2) is 8.78 Å². The molecular weight excluding hydrogens is 444 g/mol. The number of hydrogen-bond donors (Lipinski definition) is 0. The lowest BCUT2D eigenvalue weighted by molar-refractivity contribution is -0.138. The van der Waals surface area contributed by atoms with Crippen LogP contribution >= 0.6 is 0 Å². The zero-order chi connectivity index (χ0) is 24.4. The molecular formula is C29H31F2N3O. The van der Waals surface area contributed by atoms with Gasteiger partial charge in [-0.3, -0.25) is 14.6 Å². The van der Waals surface area contributed by atoms with E-state index in [4.69, 9.17) is 0 Å². The number of likely N-dealkylation sites (N-methyl/N-ethyl adjacent to an activating group) is 1. The van der Waals surface area contributed by atoms with Gasteiger partial charge in [0.2, 0.25) is 5.91 Å². The Kier molecular flexibility index (Phi) is 6.93. The molecule has 3 aromatic carbocycles. The molecule has 3 aromatic rings. The van der Waals surface area contributed by atoms with Crippen molar-refractivity contribution in [3.05, 3.63) is 107 Å². The van der Waals surface area contributed by atoms with Crippen LogP contribution in [0.3, 0.4) is 0 Å². The normalized spacial score (nSPS) is 21.5. The second kappa shape index (κ2) is 10.3. The summed E-state index contributed by atoms with van der Waals surface area (Å²) in [7, 11) is 2.06. The summed E-state index contributed by atoms with van der Waals surface area (Å²) in [6, 6.07) is 23.5. The van der Waals surface area contributed by atoms with Gasteiger partial charge in [0.15, 0.2) is 0 Å². The van der Waals surface area contributed by atoms with Crippen LogP contribution in [0.15, 0.2) is 78.9 Å². The molecule has 4 nitrogen and oxygen atoms in total. The molecule has 2 atom stereocenters. The van der Waals surface area contributed by atoms with Gasteiger partial charge in [-0.2, -0.15) is 0 Å². The van der Waals surface area contributed by atoms with Gasteiger partial charge in [-0.15, -0.1) is 0 Å². The fourth-order valence-corrected chi connectivity index (χ4v) is 5.63. The molecule has 0 unspecified atom stereocenters. The minimum Gasteiger partial charge on any atom is -0.339 e. The number of carbonyl (C=O) groups is 1. The summed E-state index contributed by atoms with van der Waals surface area (Å²) in [5.74, 6) is -0.362. The number of hydrogen-bond acceptors (Lipinski definition) is 3. The molecule has 5 rings (SSSR count). The van der Waals surface area contributed by atoms with E-state index in [-0.39, 0.29) is 35.7 Å². The summed E-state index contributed by atoms with van der Waals surface area (Å²) in [6.45, 7) is 2.67. The largest absolute Gasteiger partial charge is 0.339 e. The number of piperazine rings is 1. The van der Waals surface area contributed by atoms with Crippen LogP contribution in [-0.2, 0) is 4.79 Å². The van der Waals surface area contributed by atoms with E-state index in [1.54, 1.807) is 24.3 Å². The summed E-state index contributed by atoms with van der Waals surface area (Å²) in [5, 5.41) is 0. The van der Waals surface area contributed by atoms with Crippen molar-refractivity contribution < 1.29 is 13.6 Å². The average Bonchev–Trinajstić information content (AvgIpc) is 3.28. The molecule has 0 bridgehead atoms. The summed E-state index contributed by atoms with van der Waals surface area (Å²) in [6.07, 6.45) is 1.84. The van der Waals surface area contributed by atoms with Crippen molar-refractivity contribution in [3.8, 4) is 0 Å². The molecule has 0 radical (unpaired) electrons.